The molecule has 0 N–H and O–H groups in total. The lowest BCUT2D eigenvalue weighted by atomic mass is 10.2. The zero-order chi connectivity index (χ0) is 12.2. The highest BCUT2D eigenvalue weighted by Gasteiger charge is 1.98. The minimum Gasteiger partial charge on any atom is -0.489 e. The topological polar surface area (TPSA) is 35.0 Å². The first-order chi connectivity index (χ1) is 8.92. The third-order valence-electron chi connectivity index (χ3n) is 2.73. The lowest BCUT2D eigenvalue weighted by Crippen LogP contribution is -1.95. The molecule has 18 heavy (non-hydrogen) atoms. The summed E-state index contributed by atoms with van der Waals surface area (Å²) in [6, 6.07) is 13.8. The summed E-state index contributed by atoms with van der Waals surface area (Å²) in [6.07, 6.45) is 5.32. The van der Waals surface area contributed by atoms with Gasteiger partial charge < -0.3 is 4.74 Å². The van der Waals surface area contributed by atoms with Crippen LogP contribution < -0.4 is 4.74 Å². The fourth-order valence-corrected chi connectivity index (χ4v) is 1.78. The van der Waals surface area contributed by atoms with Crippen molar-refractivity contribution in [2.45, 2.75) is 6.61 Å². The van der Waals surface area contributed by atoms with Crippen LogP contribution in [0.25, 0.3) is 10.9 Å². The van der Waals surface area contributed by atoms with Crippen molar-refractivity contribution in [3.63, 3.8) is 0 Å². The molecule has 0 unspecified atom stereocenters. The molecule has 0 saturated heterocycles. The molecule has 0 aliphatic carbocycles. The largest absolute Gasteiger partial charge is 0.489 e. The van der Waals surface area contributed by atoms with Gasteiger partial charge in [0.25, 0.3) is 0 Å². The Bertz CT molecular complexity index is 653. The van der Waals surface area contributed by atoms with Gasteiger partial charge >= 0.3 is 0 Å². The minimum atomic E-state index is 0.543. The van der Waals surface area contributed by atoms with Crippen molar-refractivity contribution < 1.29 is 4.74 Å². The quantitative estimate of drug-likeness (QED) is 0.700. The van der Waals surface area contributed by atoms with Crippen LogP contribution in [-0.4, -0.2) is 9.97 Å². The van der Waals surface area contributed by atoms with Gasteiger partial charge in [-0.15, -0.1) is 0 Å². The average molecular weight is 236 g/mol. The molecule has 3 heteroatoms. The van der Waals surface area contributed by atoms with Crippen LogP contribution in [0.4, 0.5) is 0 Å². The standard InChI is InChI=1S/C15H12N2O/c1-2-13-3-4-14(10-15(13)17-7-1)18-11-12-5-8-16-9-6-12/h1-10H,11H2. The highest BCUT2D eigenvalue weighted by molar-refractivity contribution is 5.79. The molecule has 3 rings (SSSR count). The zero-order valence-corrected chi connectivity index (χ0v) is 9.78. The summed E-state index contributed by atoms with van der Waals surface area (Å²) in [4.78, 5) is 8.28. The van der Waals surface area contributed by atoms with Gasteiger partial charge in [-0.1, -0.05) is 6.07 Å². The Morgan fingerprint density at radius 3 is 2.72 bits per heavy atom. The van der Waals surface area contributed by atoms with Gasteiger partial charge in [0, 0.05) is 30.0 Å². The number of nitrogens with zero attached hydrogens (tertiary/aromatic N) is 2. The van der Waals surface area contributed by atoms with Crippen molar-refractivity contribution >= 4 is 10.9 Å². The van der Waals surface area contributed by atoms with E-state index in [0.29, 0.717) is 6.61 Å². The van der Waals surface area contributed by atoms with E-state index in [0.717, 1.165) is 22.2 Å². The van der Waals surface area contributed by atoms with Crippen molar-refractivity contribution in [1.29, 1.82) is 0 Å². The molecule has 1 aromatic carbocycles. The molecule has 2 heterocycles. The highest BCUT2D eigenvalue weighted by atomic mass is 16.5. The highest BCUT2D eigenvalue weighted by Crippen LogP contribution is 2.19. The molecule has 0 aliphatic rings. The van der Waals surface area contributed by atoms with Gasteiger partial charge in [-0.05, 0) is 35.9 Å². The Labute approximate surface area is 105 Å². The fraction of sp³-hybridized carbons (Fsp3) is 0.0667. The maximum absolute atomic E-state index is 5.73. The summed E-state index contributed by atoms with van der Waals surface area (Å²) >= 11 is 0. The van der Waals surface area contributed by atoms with Crippen LogP contribution in [0.15, 0.2) is 61.1 Å². The summed E-state index contributed by atoms with van der Waals surface area (Å²) in [5.41, 5.74) is 2.05. The third-order valence-corrected chi connectivity index (χ3v) is 2.73. The van der Waals surface area contributed by atoms with Crippen molar-refractivity contribution in [2.24, 2.45) is 0 Å². The summed E-state index contributed by atoms with van der Waals surface area (Å²) in [6.45, 7) is 0.543. The molecule has 0 fully saturated rings. The SMILES string of the molecule is c1cnc2cc(OCc3ccncc3)ccc2c1. The molecular weight excluding hydrogens is 224 g/mol. The molecule has 0 aliphatic heterocycles. The van der Waals surface area contributed by atoms with Crippen molar-refractivity contribution in [1.82, 2.24) is 9.97 Å². The van der Waals surface area contributed by atoms with Crippen LogP contribution in [0.2, 0.25) is 0 Å². The molecule has 88 valence electrons. The van der Waals surface area contributed by atoms with Crippen molar-refractivity contribution in [2.75, 3.05) is 0 Å². The Kier molecular flexibility index (Phi) is 2.88. The van der Waals surface area contributed by atoms with Crippen LogP contribution in [0.1, 0.15) is 5.56 Å². The zero-order valence-electron chi connectivity index (χ0n) is 9.78. The summed E-state index contributed by atoms with van der Waals surface area (Å²) in [7, 11) is 0. The maximum atomic E-state index is 5.73. The second-order valence-corrected chi connectivity index (χ2v) is 4.00. The van der Waals surface area contributed by atoms with Gasteiger partial charge in [0.2, 0.25) is 0 Å². The summed E-state index contributed by atoms with van der Waals surface area (Å²) in [5.74, 6) is 0.831. The van der Waals surface area contributed by atoms with Gasteiger partial charge in [-0.3, -0.25) is 9.97 Å². The van der Waals surface area contributed by atoms with E-state index in [1.807, 2.05) is 42.5 Å². The monoisotopic (exact) mass is 236 g/mol. The number of pyridine rings is 2. The lowest BCUT2D eigenvalue weighted by molar-refractivity contribution is 0.306. The number of aromatic nitrogens is 2. The van der Waals surface area contributed by atoms with Crippen LogP contribution in [0, 0.1) is 0 Å². The third kappa shape index (κ3) is 2.30. The Morgan fingerprint density at radius 1 is 0.944 bits per heavy atom. The van der Waals surface area contributed by atoms with E-state index >= 15 is 0 Å². The number of rotatable bonds is 3. The first-order valence-corrected chi connectivity index (χ1v) is 5.78. The number of fused-ring (bicyclic) bond motifs is 1. The molecule has 3 aromatic rings. The molecule has 0 saturated carbocycles. The first kappa shape index (κ1) is 10.7. The molecular formula is C15H12N2O. The van der Waals surface area contributed by atoms with E-state index in [1.165, 1.54) is 0 Å². The van der Waals surface area contributed by atoms with Gasteiger partial charge in [0.05, 0.1) is 5.52 Å². The van der Waals surface area contributed by atoms with E-state index < -0.39 is 0 Å². The van der Waals surface area contributed by atoms with Gasteiger partial charge in [0.15, 0.2) is 0 Å². The maximum Gasteiger partial charge on any atom is 0.122 e. The molecule has 0 spiro atoms. The number of hydrogen-bond donors (Lipinski definition) is 0. The Balaban J connectivity index is 1.79. The van der Waals surface area contributed by atoms with Crippen LogP contribution >= 0.6 is 0 Å². The lowest BCUT2D eigenvalue weighted by Gasteiger charge is -2.06. The van der Waals surface area contributed by atoms with E-state index in [4.69, 9.17) is 4.74 Å². The van der Waals surface area contributed by atoms with Gasteiger partial charge in [-0.25, -0.2) is 0 Å². The normalized spacial score (nSPS) is 10.4. The molecule has 0 radical (unpaired) electrons. The predicted molar refractivity (Wildman–Crippen MR) is 70.3 cm³/mol. The van der Waals surface area contributed by atoms with E-state index in [9.17, 15) is 0 Å². The van der Waals surface area contributed by atoms with Crippen LogP contribution in [0.3, 0.4) is 0 Å². The van der Waals surface area contributed by atoms with Crippen molar-refractivity contribution in [3.8, 4) is 5.75 Å². The molecule has 0 bridgehead atoms. The van der Waals surface area contributed by atoms with Crippen molar-refractivity contribution in [3.05, 3.63) is 66.6 Å². The summed E-state index contributed by atoms with van der Waals surface area (Å²) < 4.78 is 5.73. The molecule has 0 atom stereocenters. The molecule has 3 nitrogen and oxygen atoms in total. The first-order valence-electron chi connectivity index (χ1n) is 5.78. The Morgan fingerprint density at radius 2 is 1.83 bits per heavy atom. The van der Waals surface area contributed by atoms with E-state index in [1.54, 1.807) is 18.6 Å². The average Bonchev–Trinajstić information content (AvgIpc) is 2.46. The van der Waals surface area contributed by atoms with E-state index in [2.05, 4.69) is 9.97 Å². The molecule has 0 amide bonds. The van der Waals surface area contributed by atoms with Crippen LogP contribution in [-0.2, 0) is 6.61 Å². The van der Waals surface area contributed by atoms with Gasteiger partial charge in [0.1, 0.15) is 12.4 Å². The fourth-order valence-electron chi connectivity index (χ4n) is 1.78. The second kappa shape index (κ2) is 4.84. The van der Waals surface area contributed by atoms with E-state index in [-0.39, 0.29) is 0 Å². The minimum absolute atomic E-state index is 0.543. The number of benzene rings is 1. The van der Waals surface area contributed by atoms with Crippen LogP contribution in [0.5, 0.6) is 5.75 Å². The smallest absolute Gasteiger partial charge is 0.122 e. The van der Waals surface area contributed by atoms with Gasteiger partial charge in [-0.2, -0.15) is 0 Å². The number of hydrogen-bond acceptors (Lipinski definition) is 3. The molecule has 2 aromatic heterocycles. The summed E-state index contributed by atoms with van der Waals surface area (Å²) in [5, 5.41) is 1.12. The second-order valence-electron chi connectivity index (χ2n) is 4.00. The number of ether oxygens (including phenoxy) is 1. The Hall–Kier alpha value is -2.42. The predicted octanol–water partition coefficient (Wildman–Crippen LogP) is 3.21.